The molecule has 7 nitrogen and oxygen atoms in total. The minimum Gasteiger partial charge on any atom is -0.349 e. The summed E-state index contributed by atoms with van der Waals surface area (Å²) in [6, 6.07) is 0.0589. The van der Waals surface area contributed by atoms with Crippen LogP contribution in [0.15, 0.2) is 0 Å². The fourth-order valence-electron chi connectivity index (χ4n) is 2.78. The minimum absolute atomic E-state index is 0.0589. The number of nitro groups is 1. The van der Waals surface area contributed by atoms with E-state index in [0.717, 1.165) is 13.0 Å². The van der Waals surface area contributed by atoms with Crippen LogP contribution in [0.3, 0.4) is 0 Å². The first kappa shape index (κ1) is 12.8. The summed E-state index contributed by atoms with van der Waals surface area (Å²) in [5.74, 6) is 1.00. The summed E-state index contributed by atoms with van der Waals surface area (Å²) >= 11 is 0. The maximum atomic E-state index is 11.2. The third kappa shape index (κ3) is 2.17. The van der Waals surface area contributed by atoms with Gasteiger partial charge in [0.15, 0.2) is 0 Å². The molecule has 0 radical (unpaired) electrons. The molecule has 1 aliphatic heterocycles. The number of piperidine rings is 1. The van der Waals surface area contributed by atoms with Crippen molar-refractivity contribution in [2.45, 2.75) is 26.3 Å². The summed E-state index contributed by atoms with van der Waals surface area (Å²) in [4.78, 5) is 12.8. The number of nitrogens with two attached hydrogens (primary N) is 1. The molecule has 0 amide bonds. The van der Waals surface area contributed by atoms with Gasteiger partial charge in [0.1, 0.15) is 5.69 Å². The van der Waals surface area contributed by atoms with Crippen LogP contribution in [0.25, 0.3) is 0 Å². The second-order valence-corrected chi connectivity index (χ2v) is 5.14. The highest BCUT2D eigenvalue weighted by molar-refractivity contribution is 5.61. The van der Waals surface area contributed by atoms with E-state index in [0.29, 0.717) is 24.0 Å². The highest BCUT2D eigenvalue weighted by Crippen LogP contribution is 2.33. The predicted molar refractivity (Wildman–Crippen MR) is 68.6 cm³/mol. The topological polar surface area (TPSA) is 90.2 Å². The van der Waals surface area contributed by atoms with E-state index in [4.69, 9.17) is 5.73 Å². The lowest BCUT2D eigenvalue weighted by Gasteiger charge is -2.35. The van der Waals surface area contributed by atoms with Crippen LogP contribution in [0.2, 0.25) is 0 Å². The first-order chi connectivity index (χ1) is 8.40. The number of anilines is 1. The minimum atomic E-state index is -0.359. The van der Waals surface area contributed by atoms with E-state index < -0.39 is 0 Å². The van der Waals surface area contributed by atoms with Crippen LogP contribution in [-0.2, 0) is 7.05 Å². The zero-order valence-corrected chi connectivity index (χ0v) is 11.0. The Bertz CT molecular complexity index is 460. The van der Waals surface area contributed by atoms with Crippen molar-refractivity contribution in [2.24, 2.45) is 18.7 Å². The van der Waals surface area contributed by atoms with Gasteiger partial charge >= 0.3 is 5.69 Å². The number of aryl methyl sites for hydroxylation is 2. The molecule has 2 atom stereocenters. The predicted octanol–water partition coefficient (Wildman–Crippen LogP) is 0.810. The number of aromatic nitrogens is 2. The zero-order valence-electron chi connectivity index (χ0n) is 11.0. The summed E-state index contributed by atoms with van der Waals surface area (Å²) < 4.78 is 1.58. The molecule has 7 heteroatoms. The van der Waals surface area contributed by atoms with Crippen LogP contribution in [-0.4, -0.2) is 33.8 Å². The van der Waals surface area contributed by atoms with E-state index in [-0.39, 0.29) is 16.7 Å². The highest BCUT2D eigenvalue weighted by Gasteiger charge is 2.32. The molecular formula is C11H19N5O2. The molecule has 0 bridgehead atoms. The van der Waals surface area contributed by atoms with E-state index in [1.54, 1.807) is 18.7 Å². The molecule has 2 rings (SSSR count). The van der Waals surface area contributed by atoms with Crippen LogP contribution in [0.4, 0.5) is 11.5 Å². The van der Waals surface area contributed by atoms with Gasteiger partial charge in [0.05, 0.1) is 4.92 Å². The summed E-state index contributed by atoms with van der Waals surface area (Å²) in [5.41, 5.74) is 6.54. The largest absolute Gasteiger partial charge is 0.349 e. The molecule has 0 spiro atoms. The average Bonchev–Trinajstić information content (AvgIpc) is 2.51. The molecule has 100 valence electrons. The number of nitrogens with zero attached hydrogens (tertiary/aromatic N) is 4. The molecule has 18 heavy (non-hydrogen) atoms. The van der Waals surface area contributed by atoms with Crippen molar-refractivity contribution in [2.75, 3.05) is 18.0 Å². The van der Waals surface area contributed by atoms with Crippen LogP contribution in [0.1, 0.15) is 19.0 Å². The highest BCUT2D eigenvalue weighted by atomic mass is 16.6. The number of rotatable bonds is 2. The fraction of sp³-hybridized carbons (Fsp3) is 0.727. The van der Waals surface area contributed by atoms with Crippen molar-refractivity contribution in [1.29, 1.82) is 0 Å². The Labute approximate surface area is 106 Å². The van der Waals surface area contributed by atoms with E-state index in [1.807, 2.05) is 4.90 Å². The van der Waals surface area contributed by atoms with Crippen LogP contribution < -0.4 is 10.6 Å². The average molecular weight is 253 g/mol. The third-order valence-corrected chi connectivity index (χ3v) is 3.34. The summed E-state index contributed by atoms with van der Waals surface area (Å²) in [5, 5.41) is 15.3. The monoisotopic (exact) mass is 253 g/mol. The number of hydrogen-bond acceptors (Lipinski definition) is 5. The third-order valence-electron chi connectivity index (χ3n) is 3.34. The molecule has 1 aromatic heterocycles. The van der Waals surface area contributed by atoms with Gasteiger partial charge in [-0.25, -0.2) is 4.68 Å². The van der Waals surface area contributed by atoms with Crippen LogP contribution in [0.5, 0.6) is 0 Å². The Kier molecular flexibility index (Phi) is 3.25. The Morgan fingerprint density at radius 1 is 1.50 bits per heavy atom. The maximum absolute atomic E-state index is 11.2. The van der Waals surface area contributed by atoms with Crippen molar-refractivity contribution in [3.05, 3.63) is 15.8 Å². The maximum Gasteiger partial charge on any atom is 0.333 e. The fourth-order valence-corrected chi connectivity index (χ4v) is 2.78. The van der Waals surface area contributed by atoms with Gasteiger partial charge in [-0.05, 0) is 19.3 Å². The Hall–Kier alpha value is -1.63. The van der Waals surface area contributed by atoms with Gasteiger partial charge < -0.3 is 10.6 Å². The Balaban J connectivity index is 2.41. The van der Waals surface area contributed by atoms with Crippen molar-refractivity contribution in [3.8, 4) is 0 Å². The van der Waals surface area contributed by atoms with Gasteiger partial charge in [-0.2, -0.15) is 5.10 Å². The SMILES string of the molecule is Cc1nn(C)c(N2CC(C)CC(N)C2)c1[N+](=O)[O-]. The lowest BCUT2D eigenvalue weighted by atomic mass is 9.96. The standard InChI is InChI=1S/C11H19N5O2/c1-7-4-9(12)6-15(5-7)11-10(16(17)18)8(2)13-14(11)3/h7,9H,4-6,12H2,1-3H3. The summed E-state index contributed by atoms with van der Waals surface area (Å²) in [6.45, 7) is 5.20. The molecule has 1 aliphatic rings. The first-order valence-electron chi connectivity index (χ1n) is 6.08. The van der Waals surface area contributed by atoms with E-state index in [9.17, 15) is 10.1 Å². The molecule has 2 heterocycles. The normalized spacial score (nSPS) is 24.3. The molecule has 0 aliphatic carbocycles. The van der Waals surface area contributed by atoms with Gasteiger partial charge in [-0.15, -0.1) is 0 Å². The molecular weight excluding hydrogens is 234 g/mol. The molecule has 2 unspecified atom stereocenters. The van der Waals surface area contributed by atoms with Gasteiger partial charge in [-0.3, -0.25) is 10.1 Å². The van der Waals surface area contributed by atoms with Crippen molar-refractivity contribution in [3.63, 3.8) is 0 Å². The molecule has 1 aromatic rings. The molecule has 2 N–H and O–H groups in total. The quantitative estimate of drug-likeness (QED) is 0.622. The summed E-state index contributed by atoms with van der Waals surface area (Å²) in [7, 11) is 1.74. The first-order valence-corrected chi connectivity index (χ1v) is 6.08. The smallest absolute Gasteiger partial charge is 0.333 e. The second kappa shape index (κ2) is 4.56. The second-order valence-electron chi connectivity index (χ2n) is 5.14. The Morgan fingerprint density at radius 2 is 2.17 bits per heavy atom. The van der Waals surface area contributed by atoms with E-state index in [1.165, 1.54) is 0 Å². The van der Waals surface area contributed by atoms with Gasteiger partial charge in [0, 0.05) is 26.2 Å². The van der Waals surface area contributed by atoms with Gasteiger partial charge in [-0.1, -0.05) is 6.92 Å². The van der Waals surface area contributed by atoms with Crippen LogP contribution in [0, 0.1) is 23.0 Å². The molecule has 0 saturated carbocycles. The lowest BCUT2D eigenvalue weighted by molar-refractivity contribution is -0.384. The van der Waals surface area contributed by atoms with E-state index >= 15 is 0 Å². The number of hydrogen-bond donors (Lipinski definition) is 1. The summed E-state index contributed by atoms with van der Waals surface area (Å²) in [6.07, 6.45) is 0.959. The van der Waals surface area contributed by atoms with Crippen molar-refractivity contribution >= 4 is 11.5 Å². The van der Waals surface area contributed by atoms with Crippen molar-refractivity contribution in [1.82, 2.24) is 9.78 Å². The van der Waals surface area contributed by atoms with E-state index in [2.05, 4.69) is 12.0 Å². The van der Waals surface area contributed by atoms with Crippen molar-refractivity contribution < 1.29 is 4.92 Å². The zero-order chi connectivity index (χ0) is 13.4. The molecule has 1 fully saturated rings. The Morgan fingerprint density at radius 3 is 2.72 bits per heavy atom. The van der Waals surface area contributed by atoms with Gasteiger partial charge in [0.2, 0.25) is 5.82 Å². The van der Waals surface area contributed by atoms with Gasteiger partial charge in [0.25, 0.3) is 0 Å². The van der Waals surface area contributed by atoms with Crippen LogP contribution >= 0.6 is 0 Å². The molecule has 0 aromatic carbocycles. The lowest BCUT2D eigenvalue weighted by Crippen LogP contribution is -2.47. The molecule has 1 saturated heterocycles.